The Kier molecular flexibility index (Phi) is 6.90. The van der Waals surface area contributed by atoms with Gasteiger partial charge in [-0.1, -0.05) is 0 Å². The zero-order chi connectivity index (χ0) is 20.0. The van der Waals surface area contributed by atoms with Gasteiger partial charge in [-0.25, -0.2) is 0 Å². The van der Waals surface area contributed by atoms with Gasteiger partial charge in [-0.05, 0) is 30.5 Å². The van der Waals surface area contributed by atoms with Crippen molar-refractivity contribution < 1.29 is 33.6 Å². The second-order valence-corrected chi connectivity index (χ2v) is 6.65. The Bertz CT molecular complexity index is 662. The molecule has 1 fully saturated rings. The van der Waals surface area contributed by atoms with Crippen LogP contribution in [-0.2, 0) is 20.7 Å². The highest BCUT2D eigenvalue weighted by Crippen LogP contribution is 2.38. The van der Waals surface area contributed by atoms with Crippen LogP contribution in [0, 0.1) is 5.41 Å². The summed E-state index contributed by atoms with van der Waals surface area (Å²) in [6.07, 6.45) is 1.22. The number of carbonyl (C=O) groups is 2. The maximum absolute atomic E-state index is 12.8. The molecule has 0 spiro atoms. The zero-order valence-electron chi connectivity index (χ0n) is 16.2. The fraction of sp³-hybridized carbons (Fsp3) is 0.579. The molecule has 1 saturated heterocycles. The maximum Gasteiger partial charge on any atom is 0.313 e. The molecule has 1 aromatic rings. The second kappa shape index (κ2) is 8.94. The van der Waals surface area contributed by atoms with Crippen molar-refractivity contribution in [2.75, 3.05) is 48.1 Å². The van der Waals surface area contributed by atoms with Crippen LogP contribution in [0.3, 0.4) is 0 Å². The van der Waals surface area contributed by atoms with Crippen LogP contribution in [0.25, 0.3) is 0 Å². The molecule has 0 aromatic heterocycles. The van der Waals surface area contributed by atoms with Crippen molar-refractivity contribution in [1.82, 2.24) is 4.90 Å². The molecule has 1 N–H and O–H groups in total. The minimum Gasteiger partial charge on any atom is -0.493 e. The van der Waals surface area contributed by atoms with E-state index in [1.54, 1.807) is 17.0 Å². The van der Waals surface area contributed by atoms with E-state index in [0.29, 0.717) is 42.2 Å². The molecule has 1 unspecified atom stereocenters. The van der Waals surface area contributed by atoms with Crippen LogP contribution in [0.2, 0.25) is 0 Å². The molecule has 8 nitrogen and oxygen atoms in total. The molecule has 1 amide bonds. The molecule has 1 aliphatic rings. The highest BCUT2D eigenvalue weighted by molar-refractivity contribution is 5.81. The van der Waals surface area contributed by atoms with Crippen LogP contribution in [-0.4, -0.2) is 70.0 Å². The molecule has 2 rings (SSSR count). The number of piperidine rings is 1. The van der Waals surface area contributed by atoms with Crippen LogP contribution in [0.1, 0.15) is 18.4 Å². The highest BCUT2D eigenvalue weighted by Gasteiger charge is 2.43. The van der Waals surface area contributed by atoms with Gasteiger partial charge in [0, 0.05) is 20.2 Å². The molecule has 0 radical (unpaired) electrons. The lowest BCUT2D eigenvalue weighted by atomic mass is 9.80. The van der Waals surface area contributed by atoms with E-state index in [4.69, 9.17) is 18.9 Å². The minimum atomic E-state index is -1.06. The predicted molar refractivity (Wildman–Crippen MR) is 97.6 cm³/mol. The van der Waals surface area contributed by atoms with Gasteiger partial charge >= 0.3 is 5.97 Å². The number of hydrogen-bond donors (Lipinski definition) is 1. The fourth-order valence-electron chi connectivity index (χ4n) is 3.50. The first-order valence-electron chi connectivity index (χ1n) is 8.69. The Morgan fingerprint density at radius 3 is 2.22 bits per heavy atom. The molecule has 1 aromatic carbocycles. The normalized spacial score (nSPS) is 19.5. The SMILES string of the molecule is COCC1(C(=O)O)CCCN(C(=O)Cc2cc(OC)c(OC)c(OC)c2)C1. The maximum atomic E-state index is 12.8. The molecule has 0 saturated carbocycles. The number of nitrogens with zero attached hydrogens (tertiary/aromatic N) is 1. The fourth-order valence-corrected chi connectivity index (χ4v) is 3.50. The van der Waals surface area contributed by atoms with Crippen LogP contribution < -0.4 is 14.2 Å². The van der Waals surface area contributed by atoms with E-state index in [1.165, 1.54) is 28.4 Å². The molecule has 1 heterocycles. The van der Waals surface area contributed by atoms with Crippen LogP contribution >= 0.6 is 0 Å². The summed E-state index contributed by atoms with van der Waals surface area (Å²) in [5.74, 6) is 0.314. The van der Waals surface area contributed by atoms with Gasteiger partial charge < -0.3 is 29.0 Å². The van der Waals surface area contributed by atoms with Crippen molar-refractivity contribution in [2.24, 2.45) is 5.41 Å². The summed E-state index contributed by atoms with van der Waals surface area (Å²) < 4.78 is 21.0. The summed E-state index contributed by atoms with van der Waals surface area (Å²) >= 11 is 0. The third kappa shape index (κ3) is 4.44. The number of hydrogen-bond acceptors (Lipinski definition) is 6. The zero-order valence-corrected chi connectivity index (χ0v) is 16.2. The van der Waals surface area contributed by atoms with E-state index < -0.39 is 11.4 Å². The molecular weight excluding hydrogens is 354 g/mol. The van der Waals surface area contributed by atoms with Gasteiger partial charge in [0.1, 0.15) is 5.41 Å². The number of carboxylic acids is 1. The van der Waals surface area contributed by atoms with E-state index in [0.717, 1.165) is 0 Å². The molecule has 1 atom stereocenters. The quantitative estimate of drug-likeness (QED) is 0.731. The number of carboxylic acid groups (broad SMARTS) is 1. The molecule has 27 heavy (non-hydrogen) atoms. The number of methoxy groups -OCH3 is 4. The number of ether oxygens (including phenoxy) is 4. The average molecular weight is 381 g/mol. The summed E-state index contributed by atoms with van der Waals surface area (Å²) in [7, 11) is 6.01. The van der Waals surface area contributed by atoms with Crippen molar-refractivity contribution in [2.45, 2.75) is 19.3 Å². The third-order valence-corrected chi connectivity index (χ3v) is 4.88. The lowest BCUT2D eigenvalue weighted by Crippen LogP contribution is -2.52. The van der Waals surface area contributed by atoms with E-state index in [1.807, 2.05) is 0 Å². The number of amides is 1. The monoisotopic (exact) mass is 381 g/mol. The predicted octanol–water partition coefficient (Wildman–Crippen LogP) is 1.59. The second-order valence-electron chi connectivity index (χ2n) is 6.65. The molecule has 0 bridgehead atoms. The molecular formula is C19H27NO7. The minimum absolute atomic E-state index is 0.0797. The number of rotatable bonds is 8. The smallest absolute Gasteiger partial charge is 0.313 e. The first-order valence-corrected chi connectivity index (χ1v) is 8.69. The van der Waals surface area contributed by atoms with Gasteiger partial charge in [-0.2, -0.15) is 0 Å². The number of likely N-dealkylation sites (tertiary alicyclic amines) is 1. The van der Waals surface area contributed by atoms with E-state index in [2.05, 4.69) is 0 Å². The summed E-state index contributed by atoms with van der Waals surface area (Å²) in [6, 6.07) is 3.45. The van der Waals surface area contributed by atoms with Crippen molar-refractivity contribution in [1.29, 1.82) is 0 Å². The molecule has 0 aliphatic carbocycles. The van der Waals surface area contributed by atoms with Gasteiger partial charge in [-0.3, -0.25) is 9.59 Å². The Labute approximate surface area is 159 Å². The first-order chi connectivity index (χ1) is 12.9. The standard InChI is InChI=1S/C19H27NO7/c1-24-12-19(18(22)23)6-5-7-20(11-19)16(21)10-13-8-14(25-2)17(27-4)15(9-13)26-3/h8-9H,5-7,10-12H2,1-4H3,(H,22,23). The third-order valence-electron chi connectivity index (χ3n) is 4.88. The van der Waals surface area contributed by atoms with Crippen LogP contribution in [0.5, 0.6) is 17.2 Å². The lowest BCUT2D eigenvalue weighted by Gasteiger charge is -2.39. The van der Waals surface area contributed by atoms with Gasteiger partial charge in [-0.15, -0.1) is 0 Å². The Morgan fingerprint density at radius 2 is 1.74 bits per heavy atom. The van der Waals surface area contributed by atoms with Gasteiger partial charge in [0.2, 0.25) is 11.7 Å². The lowest BCUT2D eigenvalue weighted by molar-refractivity contribution is -0.159. The van der Waals surface area contributed by atoms with E-state index in [9.17, 15) is 14.7 Å². The first kappa shape index (κ1) is 20.8. The summed E-state index contributed by atoms with van der Waals surface area (Å²) in [4.78, 5) is 26.2. The number of benzene rings is 1. The van der Waals surface area contributed by atoms with E-state index in [-0.39, 0.29) is 25.5 Å². The van der Waals surface area contributed by atoms with Gasteiger partial charge in [0.05, 0.1) is 34.4 Å². The molecule has 150 valence electrons. The van der Waals surface area contributed by atoms with Crippen molar-refractivity contribution >= 4 is 11.9 Å². The topological polar surface area (TPSA) is 94.5 Å². The van der Waals surface area contributed by atoms with Gasteiger partial charge in [0.15, 0.2) is 11.5 Å². The highest BCUT2D eigenvalue weighted by atomic mass is 16.5. The summed E-state index contributed by atoms with van der Waals surface area (Å²) in [5, 5.41) is 9.64. The Morgan fingerprint density at radius 1 is 1.11 bits per heavy atom. The number of carbonyl (C=O) groups excluding carboxylic acids is 1. The van der Waals surface area contributed by atoms with Crippen molar-refractivity contribution in [3.05, 3.63) is 17.7 Å². The van der Waals surface area contributed by atoms with Crippen LogP contribution in [0.4, 0.5) is 0 Å². The molecule has 8 heteroatoms. The van der Waals surface area contributed by atoms with E-state index >= 15 is 0 Å². The Balaban J connectivity index is 2.20. The van der Waals surface area contributed by atoms with Crippen molar-refractivity contribution in [3.8, 4) is 17.2 Å². The summed E-state index contributed by atoms with van der Waals surface area (Å²) in [5.41, 5.74) is -0.356. The van der Waals surface area contributed by atoms with Crippen molar-refractivity contribution in [3.63, 3.8) is 0 Å². The van der Waals surface area contributed by atoms with Gasteiger partial charge in [0.25, 0.3) is 0 Å². The Hall–Kier alpha value is -2.48. The summed E-state index contributed by atoms with van der Waals surface area (Å²) in [6.45, 7) is 0.748. The molecule has 1 aliphatic heterocycles. The average Bonchev–Trinajstić information content (AvgIpc) is 2.67. The van der Waals surface area contributed by atoms with Crippen LogP contribution in [0.15, 0.2) is 12.1 Å². The largest absolute Gasteiger partial charge is 0.493 e. The number of aliphatic carboxylic acids is 1.